The molecule has 0 aliphatic carbocycles. The third-order valence-electron chi connectivity index (χ3n) is 4.89. The molecule has 1 N–H and O–H groups in total. The SMILES string of the molecule is COC(=O)C1=C(C)N(c2cccc(C)c2)C(=S)N[C@H]1c1ccc(OC(F)F)c(OC)c1. The number of methoxy groups -OCH3 is 2. The fourth-order valence-electron chi connectivity index (χ4n) is 3.50. The molecule has 1 atom stereocenters. The first-order chi connectivity index (χ1) is 14.8. The van der Waals surface area contributed by atoms with Gasteiger partial charge in [0, 0.05) is 11.4 Å². The van der Waals surface area contributed by atoms with Crippen molar-refractivity contribution in [2.75, 3.05) is 19.1 Å². The van der Waals surface area contributed by atoms with E-state index in [2.05, 4.69) is 10.1 Å². The number of allylic oxidation sites excluding steroid dienone is 1. The van der Waals surface area contributed by atoms with Crippen molar-refractivity contribution >= 4 is 29.0 Å². The molecule has 164 valence electrons. The second-order valence-corrected chi connectivity index (χ2v) is 7.22. The summed E-state index contributed by atoms with van der Waals surface area (Å²) in [6, 6.07) is 11.5. The van der Waals surface area contributed by atoms with Crippen molar-refractivity contribution in [3.63, 3.8) is 0 Å². The zero-order valence-electron chi connectivity index (χ0n) is 17.4. The zero-order chi connectivity index (χ0) is 22.7. The number of esters is 1. The molecule has 1 aliphatic heterocycles. The highest BCUT2D eigenvalue weighted by Gasteiger charge is 2.35. The molecule has 3 rings (SSSR count). The molecule has 0 bridgehead atoms. The second-order valence-electron chi connectivity index (χ2n) is 6.84. The van der Waals surface area contributed by atoms with Crippen LogP contribution in [0.5, 0.6) is 11.5 Å². The Morgan fingerprint density at radius 1 is 1.13 bits per heavy atom. The van der Waals surface area contributed by atoms with Gasteiger partial charge in [-0.15, -0.1) is 0 Å². The van der Waals surface area contributed by atoms with Gasteiger partial charge in [0.15, 0.2) is 16.6 Å². The maximum atomic E-state index is 12.7. The lowest BCUT2D eigenvalue weighted by Crippen LogP contribution is -2.48. The van der Waals surface area contributed by atoms with Crippen LogP contribution in [0.1, 0.15) is 24.1 Å². The van der Waals surface area contributed by atoms with E-state index < -0.39 is 18.6 Å². The van der Waals surface area contributed by atoms with E-state index in [-0.39, 0.29) is 11.5 Å². The number of aryl methyl sites for hydroxylation is 1. The first-order valence-electron chi connectivity index (χ1n) is 9.36. The molecular weight excluding hydrogens is 426 g/mol. The van der Waals surface area contributed by atoms with Gasteiger partial charge in [0.05, 0.1) is 25.8 Å². The molecule has 1 aliphatic rings. The number of rotatable bonds is 6. The summed E-state index contributed by atoms with van der Waals surface area (Å²) in [4.78, 5) is 14.5. The van der Waals surface area contributed by atoms with Crippen LogP contribution in [0.4, 0.5) is 14.5 Å². The summed E-state index contributed by atoms with van der Waals surface area (Å²) in [6.45, 7) is 0.749. The number of hydrogen-bond donors (Lipinski definition) is 1. The lowest BCUT2D eigenvalue weighted by atomic mass is 9.94. The quantitative estimate of drug-likeness (QED) is 0.516. The summed E-state index contributed by atoms with van der Waals surface area (Å²) in [5.41, 5.74) is 3.34. The van der Waals surface area contributed by atoms with Crippen LogP contribution in [0.3, 0.4) is 0 Å². The molecule has 0 saturated carbocycles. The van der Waals surface area contributed by atoms with Gasteiger partial charge in [0.2, 0.25) is 0 Å². The van der Waals surface area contributed by atoms with Crippen LogP contribution in [-0.4, -0.2) is 31.9 Å². The van der Waals surface area contributed by atoms with E-state index in [1.165, 1.54) is 26.4 Å². The van der Waals surface area contributed by atoms with Crippen molar-refractivity contribution in [2.24, 2.45) is 0 Å². The molecule has 0 unspecified atom stereocenters. The van der Waals surface area contributed by atoms with Crippen LogP contribution in [0.25, 0.3) is 0 Å². The molecule has 9 heteroatoms. The van der Waals surface area contributed by atoms with Crippen LogP contribution in [-0.2, 0) is 9.53 Å². The Hall–Kier alpha value is -3.20. The van der Waals surface area contributed by atoms with E-state index in [9.17, 15) is 13.6 Å². The van der Waals surface area contributed by atoms with Crippen molar-refractivity contribution in [1.82, 2.24) is 5.32 Å². The first-order valence-corrected chi connectivity index (χ1v) is 9.76. The molecule has 2 aromatic rings. The standard InChI is InChI=1S/C22H22F2N2O4S/c1-12-6-5-7-15(10-12)26-13(2)18(20(27)29-4)19(25-22(26)31)14-8-9-16(30-21(23)24)17(11-14)28-3/h5-11,19,21H,1-4H3,(H,25,31)/t19-/m0/s1. The Morgan fingerprint density at radius 2 is 1.87 bits per heavy atom. The minimum Gasteiger partial charge on any atom is -0.493 e. The number of thiocarbonyl (C=S) groups is 1. The molecule has 1 heterocycles. The number of halogens is 2. The number of carbonyl (C=O) groups excluding carboxylic acids is 1. The third kappa shape index (κ3) is 4.61. The average Bonchev–Trinajstić information content (AvgIpc) is 2.73. The Labute approximate surface area is 184 Å². The number of benzene rings is 2. The Morgan fingerprint density at radius 3 is 2.48 bits per heavy atom. The van der Waals surface area contributed by atoms with Crippen LogP contribution in [0, 0.1) is 6.92 Å². The summed E-state index contributed by atoms with van der Waals surface area (Å²) in [5.74, 6) is -0.545. The van der Waals surface area contributed by atoms with Gasteiger partial charge in [-0.05, 0) is 61.5 Å². The van der Waals surface area contributed by atoms with Crippen LogP contribution >= 0.6 is 12.2 Å². The Bertz CT molecular complexity index is 1040. The normalized spacial score (nSPS) is 16.3. The monoisotopic (exact) mass is 448 g/mol. The molecule has 2 aromatic carbocycles. The maximum absolute atomic E-state index is 12.7. The smallest absolute Gasteiger partial charge is 0.387 e. The maximum Gasteiger partial charge on any atom is 0.387 e. The molecule has 0 fully saturated rings. The van der Waals surface area contributed by atoms with E-state index in [1.807, 2.05) is 31.2 Å². The molecule has 0 saturated heterocycles. The molecule has 0 aromatic heterocycles. The van der Waals surface area contributed by atoms with E-state index in [1.54, 1.807) is 17.9 Å². The predicted molar refractivity (Wildman–Crippen MR) is 116 cm³/mol. The van der Waals surface area contributed by atoms with E-state index >= 15 is 0 Å². The first kappa shape index (κ1) is 22.5. The van der Waals surface area contributed by atoms with Crippen molar-refractivity contribution in [2.45, 2.75) is 26.5 Å². The van der Waals surface area contributed by atoms with Gasteiger partial charge < -0.3 is 19.5 Å². The van der Waals surface area contributed by atoms with E-state index in [4.69, 9.17) is 21.7 Å². The number of nitrogens with zero attached hydrogens (tertiary/aromatic N) is 1. The topological polar surface area (TPSA) is 60.0 Å². The number of carbonyl (C=O) groups is 1. The van der Waals surface area contributed by atoms with Crippen LogP contribution in [0.15, 0.2) is 53.7 Å². The predicted octanol–water partition coefficient (Wildman–Crippen LogP) is 4.49. The van der Waals surface area contributed by atoms with Crippen molar-refractivity contribution in [1.29, 1.82) is 0 Å². The van der Waals surface area contributed by atoms with Gasteiger partial charge in [0.1, 0.15) is 0 Å². The molecule has 0 radical (unpaired) electrons. The highest BCUT2D eigenvalue weighted by molar-refractivity contribution is 7.80. The fourth-order valence-corrected chi connectivity index (χ4v) is 3.86. The minimum absolute atomic E-state index is 0.105. The molecule has 0 spiro atoms. The largest absolute Gasteiger partial charge is 0.493 e. The van der Waals surface area contributed by atoms with Gasteiger partial charge in [0.25, 0.3) is 0 Å². The average molecular weight is 448 g/mol. The minimum atomic E-state index is -2.99. The second kappa shape index (κ2) is 9.30. The molecule has 31 heavy (non-hydrogen) atoms. The Balaban J connectivity index is 2.11. The van der Waals surface area contributed by atoms with Crippen LogP contribution in [0.2, 0.25) is 0 Å². The number of nitrogens with one attached hydrogen (secondary N) is 1. The fraction of sp³-hybridized carbons (Fsp3) is 0.273. The molecule has 6 nitrogen and oxygen atoms in total. The van der Waals surface area contributed by atoms with Gasteiger partial charge in [-0.3, -0.25) is 4.90 Å². The summed E-state index contributed by atoms with van der Waals surface area (Å²) in [7, 11) is 2.64. The lowest BCUT2D eigenvalue weighted by molar-refractivity contribution is -0.136. The summed E-state index contributed by atoms with van der Waals surface area (Å²) in [6.07, 6.45) is 0. The number of ether oxygens (including phenoxy) is 3. The molecule has 0 amide bonds. The number of hydrogen-bond acceptors (Lipinski definition) is 5. The van der Waals surface area contributed by atoms with Gasteiger partial charge in [-0.1, -0.05) is 18.2 Å². The number of alkyl halides is 2. The zero-order valence-corrected chi connectivity index (χ0v) is 18.3. The van der Waals surface area contributed by atoms with Crippen molar-refractivity contribution in [3.05, 3.63) is 64.9 Å². The van der Waals surface area contributed by atoms with Gasteiger partial charge >= 0.3 is 12.6 Å². The summed E-state index contributed by atoms with van der Waals surface area (Å²) < 4.78 is 40.0. The number of anilines is 1. The lowest BCUT2D eigenvalue weighted by Gasteiger charge is -2.37. The van der Waals surface area contributed by atoms with Gasteiger partial charge in [-0.2, -0.15) is 8.78 Å². The summed E-state index contributed by atoms with van der Waals surface area (Å²) >= 11 is 5.60. The van der Waals surface area contributed by atoms with Crippen molar-refractivity contribution in [3.8, 4) is 11.5 Å². The highest BCUT2D eigenvalue weighted by Crippen LogP contribution is 2.38. The van der Waals surface area contributed by atoms with E-state index in [0.717, 1.165) is 11.3 Å². The van der Waals surface area contributed by atoms with Gasteiger partial charge in [-0.25, -0.2) is 4.79 Å². The Kier molecular flexibility index (Phi) is 6.74. The molecular formula is C22H22F2N2O4S. The highest BCUT2D eigenvalue weighted by atomic mass is 32.1. The van der Waals surface area contributed by atoms with Crippen LogP contribution < -0.4 is 19.7 Å². The third-order valence-corrected chi connectivity index (χ3v) is 5.19. The summed E-state index contributed by atoms with van der Waals surface area (Å²) in [5, 5.41) is 3.54. The van der Waals surface area contributed by atoms with E-state index in [0.29, 0.717) is 21.9 Å². The van der Waals surface area contributed by atoms with Crippen molar-refractivity contribution < 1.29 is 27.8 Å².